The highest BCUT2D eigenvalue weighted by molar-refractivity contribution is 5.87. The number of benzene rings is 2. The minimum atomic E-state index is -0.128. The summed E-state index contributed by atoms with van der Waals surface area (Å²) in [4.78, 5) is 0. The lowest BCUT2D eigenvalue weighted by Gasteiger charge is -2.33. The molecular formula is C39H59O4. The molecule has 0 amide bonds. The van der Waals surface area contributed by atoms with Crippen LogP contribution in [0.1, 0.15) is 126 Å². The van der Waals surface area contributed by atoms with Crippen LogP contribution in [0, 0.1) is 6.92 Å². The van der Waals surface area contributed by atoms with E-state index in [0.717, 1.165) is 0 Å². The third-order valence-corrected chi connectivity index (χ3v) is 8.70. The van der Waals surface area contributed by atoms with Crippen molar-refractivity contribution in [1.29, 1.82) is 0 Å². The second kappa shape index (κ2) is 21.5. The van der Waals surface area contributed by atoms with Crippen molar-refractivity contribution in [1.82, 2.24) is 0 Å². The van der Waals surface area contributed by atoms with Crippen LogP contribution in [0.25, 0.3) is 16.7 Å². The maximum Gasteiger partial charge on any atom is 0.106 e. The number of hydrogen-bond donors (Lipinski definition) is 2. The number of hydrogen-bond acceptors (Lipinski definition) is 3. The number of rotatable bonds is 18. The maximum absolute atomic E-state index is 9.40. The molecule has 2 aromatic rings. The zero-order valence-corrected chi connectivity index (χ0v) is 27.6. The molecular weight excluding hydrogens is 532 g/mol. The molecule has 0 aliphatic heterocycles. The van der Waals surface area contributed by atoms with Gasteiger partial charge in [-0.05, 0) is 59.2 Å². The van der Waals surface area contributed by atoms with Crippen molar-refractivity contribution >= 4 is 5.57 Å². The van der Waals surface area contributed by atoms with E-state index in [-0.39, 0.29) is 25.2 Å². The van der Waals surface area contributed by atoms with Crippen LogP contribution in [-0.2, 0) is 15.3 Å². The Kier molecular flexibility index (Phi) is 18.4. The fraction of sp³-hybridized carbons (Fsp3) is 0.590. The van der Waals surface area contributed by atoms with Crippen molar-refractivity contribution in [2.45, 2.75) is 116 Å². The lowest BCUT2D eigenvalue weighted by molar-refractivity contribution is 0.0948. The third-order valence-electron chi connectivity index (χ3n) is 8.70. The first-order chi connectivity index (χ1) is 21.0. The fourth-order valence-corrected chi connectivity index (χ4v) is 6.33. The zero-order valence-electron chi connectivity index (χ0n) is 27.6. The molecule has 0 spiro atoms. The molecule has 2 aliphatic rings. The van der Waals surface area contributed by atoms with Gasteiger partial charge in [0.05, 0.1) is 19.8 Å². The summed E-state index contributed by atoms with van der Waals surface area (Å²) in [6, 6.07) is 14.6. The second-order valence-corrected chi connectivity index (χ2v) is 12.1. The molecule has 0 aromatic heterocycles. The maximum atomic E-state index is 9.40. The molecule has 0 unspecified atom stereocenters. The van der Waals surface area contributed by atoms with Gasteiger partial charge in [-0.3, -0.25) is 0 Å². The monoisotopic (exact) mass is 591 g/mol. The highest BCUT2D eigenvalue weighted by Gasteiger charge is 2.42. The Bertz CT molecular complexity index is 1080. The van der Waals surface area contributed by atoms with Gasteiger partial charge in [-0.1, -0.05) is 145 Å². The van der Waals surface area contributed by atoms with Crippen molar-refractivity contribution in [3.8, 4) is 11.1 Å². The van der Waals surface area contributed by atoms with Gasteiger partial charge in [0, 0.05) is 12.5 Å². The lowest BCUT2D eigenvalue weighted by Crippen LogP contribution is -2.26. The lowest BCUT2D eigenvalue weighted by atomic mass is 9.70. The Morgan fingerprint density at radius 3 is 1.67 bits per heavy atom. The molecule has 0 heterocycles. The molecule has 4 nitrogen and oxygen atoms in total. The minimum absolute atomic E-state index is 0.125. The van der Waals surface area contributed by atoms with Crippen LogP contribution in [0.15, 0.2) is 54.6 Å². The van der Waals surface area contributed by atoms with Gasteiger partial charge in [0.25, 0.3) is 0 Å². The number of allylic oxidation sites excluding steroid dienone is 4. The molecule has 0 atom stereocenters. The van der Waals surface area contributed by atoms with Crippen LogP contribution in [0.3, 0.4) is 0 Å². The van der Waals surface area contributed by atoms with Crippen molar-refractivity contribution in [2.75, 3.05) is 33.5 Å². The van der Waals surface area contributed by atoms with Crippen LogP contribution >= 0.6 is 0 Å². The van der Waals surface area contributed by atoms with Gasteiger partial charge in [0.15, 0.2) is 0 Å². The number of unbranched alkanes of at least 4 members (excludes halogenated alkanes) is 10. The van der Waals surface area contributed by atoms with E-state index >= 15 is 0 Å². The Morgan fingerprint density at radius 1 is 0.721 bits per heavy atom. The standard InChI is InChI=1S/C34H46.C3H7O2.C2H6O2/c1-4-6-8-10-12-14-23-34(24-15-13-11-9-7-5-2)32-25-27(3)19-21-30(32)31-22-20-29(26-33(31)34)28-17-16-18-28;1-5-3-2-4;3-1-2-4/h16-22,25-26H,4-15,23-24H2,1-3H3;2-3H2,1H3;3-4H,1-2H2. The largest absolute Gasteiger partial charge is 0.394 e. The van der Waals surface area contributed by atoms with Gasteiger partial charge >= 0.3 is 0 Å². The Hall–Kier alpha value is -2.24. The van der Waals surface area contributed by atoms with Crippen LogP contribution in [-0.4, -0.2) is 43.8 Å². The molecule has 0 saturated carbocycles. The predicted octanol–water partition coefficient (Wildman–Crippen LogP) is 9.75. The minimum Gasteiger partial charge on any atom is -0.394 e. The summed E-state index contributed by atoms with van der Waals surface area (Å²) in [7, 11) is 1.51. The molecule has 0 bridgehead atoms. The van der Waals surface area contributed by atoms with E-state index in [0.29, 0.717) is 6.61 Å². The first-order valence-electron chi connectivity index (χ1n) is 17.0. The quantitative estimate of drug-likeness (QED) is 0.170. The summed E-state index contributed by atoms with van der Waals surface area (Å²) in [6.45, 7) is 6.86. The summed E-state index contributed by atoms with van der Waals surface area (Å²) >= 11 is 0. The molecule has 4 heteroatoms. The SMILES string of the molecule is CCCCCCCCC1(CCCCCCCC)c2cc(C)ccc2-c2ccc(C3=CC=C3)cc21.COCC[O].OCCO. The van der Waals surface area contributed by atoms with Crippen LogP contribution in [0.5, 0.6) is 0 Å². The molecule has 0 fully saturated rings. The number of fused-ring (bicyclic) bond motifs is 3. The first-order valence-corrected chi connectivity index (χ1v) is 17.0. The Balaban J connectivity index is 0.000000630. The molecule has 2 aromatic carbocycles. The molecule has 43 heavy (non-hydrogen) atoms. The molecule has 2 aliphatic carbocycles. The van der Waals surface area contributed by atoms with Gasteiger partial charge in [0.2, 0.25) is 0 Å². The highest BCUT2D eigenvalue weighted by atomic mass is 16.5. The number of aliphatic hydroxyl groups is 2. The molecule has 0 saturated heterocycles. The van der Waals surface area contributed by atoms with E-state index in [1.165, 1.54) is 125 Å². The van der Waals surface area contributed by atoms with Crippen LogP contribution in [0.2, 0.25) is 0 Å². The molecule has 4 rings (SSSR count). The van der Waals surface area contributed by atoms with Crippen molar-refractivity contribution < 1.29 is 20.1 Å². The summed E-state index contributed by atoms with van der Waals surface area (Å²) in [5.74, 6) is 0. The van der Waals surface area contributed by atoms with Crippen LogP contribution < -0.4 is 0 Å². The highest BCUT2D eigenvalue weighted by Crippen LogP contribution is 2.55. The van der Waals surface area contributed by atoms with E-state index in [1.54, 1.807) is 11.1 Å². The summed E-state index contributed by atoms with van der Waals surface area (Å²) in [5, 5.41) is 24.7. The van der Waals surface area contributed by atoms with Gasteiger partial charge in [-0.25, -0.2) is 5.11 Å². The third kappa shape index (κ3) is 11.3. The van der Waals surface area contributed by atoms with E-state index < -0.39 is 0 Å². The van der Waals surface area contributed by atoms with E-state index in [2.05, 4.69) is 80.1 Å². The Morgan fingerprint density at radius 2 is 1.23 bits per heavy atom. The van der Waals surface area contributed by atoms with Crippen molar-refractivity contribution in [3.63, 3.8) is 0 Å². The van der Waals surface area contributed by atoms with Gasteiger partial charge in [0.1, 0.15) is 6.61 Å². The average Bonchev–Trinajstić information content (AvgIpc) is 3.25. The summed E-state index contributed by atoms with van der Waals surface area (Å²) in [5.41, 5.74) is 10.6. The molecule has 239 valence electrons. The Labute approximate surface area is 262 Å². The summed E-state index contributed by atoms with van der Waals surface area (Å²) in [6.07, 6.45) is 25.8. The zero-order chi connectivity index (χ0) is 31.3. The van der Waals surface area contributed by atoms with Gasteiger partial charge in [-0.2, -0.15) is 0 Å². The number of ether oxygens (including phenoxy) is 1. The van der Waals surface area contributed by atoms with Gasteiger partial charge in [-0.15, -0.1) is 0 Å². The van der Waals surface area contributed by atoms with Crippen molar-refractivity contribution in [2.24, 2.45) is 0 Å². The first kappa shape index (κ1) is 36.9. The average molecular weight is 592 g/mol. The summed E-state index contributed by atoms with van der Waals surface area (Å²) < 4.78 is 4.38. The number of methoxy groups -OCH3 is 1. The topological polar surface area (TPSA) is 69.6 Å². The predicted molar refractivity (Wildman–Crippen MR) is 182 cm³/mol. The molecule has 1 radical (unpaired) electrons. The number of aliphatic hydroxyl groups excluding tert-OH is 2. The van der Waals surface area contributed by atoms with Gasteiger partial charge < -0.3 is 14.9 Å². The van der Waals surface area contributed by atoms with Crippen molar-refractivity contribution in [3.05, 3.63) is 76.9 Å². The van der Waals surface area contributed by atoms with E-state index in [9.17, 15) is 5.11 Å². The normalized spacial score (nSPS) is 13.6. The fourth-order valence-electron chi connectivity index (χ4n) is 6.33. The second-order valence-electron chi connectivity index (χ2n) is 12.1. The number of aryl methyl sites for hydroxylation is 1. The van der Waals surface area contributed by atoms with Crippen LogP contribution in [0.4, 0.5) is 0 Å². The van der Waals surface area contributed by atoms with E-state index in [4.69, 9.17) is 10.2 Å². The molecule has 2 N–H and O–H groups in total. The van der Waals surface area contributed by atoms with E-state index in [1.807, 2.05) is 0 Å². The smallest absolute Gasteiger partial charge is 0.106 e.